The largest absolute Gasteiger partial charge is 0.476 e. The second kappa shape index (κ2) is 5.07. The third-order valence-corrected chi connectivity index (χ3v) is 2.88. The van der Waals surface area contributed by atoms with Gasteiger partial charge in [0, 0.05) is 17.2 Å². The number of halogens is 1. The Balaban J connectivity index is 2.08. The SMILES string of the molecule is [N-]=[N+]=NCCOc1nc2cc(F)ccc2n2cccc12. The molecule has 0 saturated carbocycles. The molecule has 0 saturated heterocycles. The van der Waals surface area contributed by atoms with Gasteiger partial charge in [0.15, 0.2) is 0 Å². The first-order valence-corrected chi connectivity index (χ1v) is 5.99. The molecule has 0 radical (unpaired) electrons. The lowest BCUT2D eigenvalue weighted by Gasteiger charge is -2.09. The molecule has 0 amide bonds. The molecule has 6 nitrogen and oxygen atoms in total. The van der Waals surface area contributed by atoms with E-state index in [-0.39, 0.29) is 19.0 Å². The summed E-state index contributed by atoms with van der Waals surface area (Å²) < 4.78 is 20.7. The molecule has 0 atom stereocenters. The molecule has 0 unspecified atom stereocenters. The topological polar surface area (TPSA) is 75.3 Å². The first kappa shape index (κ1) is 12.3. The lowest BCUT2D eigenvalue weighted by atomic mass is 10.3. The molecule has 0 aliphatic heterocycles. The molecule has 0 bridgehead atoms. The summed E-state index contributed by atoms with van der Waals surface area (Å²) in [5.41, 5.74) is 10.3. The number of hydrogen-bond acceptors (Lipinski definition) is 3. The van der Waals surface area contributed by atoms with Crippen LogP contribution in [0.5, 0.6) is 5.88 Å². The third kappa shape index (κ3) is 2.10. The van der Waals surface area contributed by atoms with Gasteiger partial charge in [0.05, 0.1) is 24.2 Å². The van der Waals surface area contributed by atoms with E-state index in [1.54, 1.807) is 6.07 Å². The zero-order valence-electron chi connectivity index (χ0n) is 10.4. The summed E-state index contributed by atoms with van der Waals surface area (Å²) in [5.74, 6) is 0.0396. The molecule has 2 aromatic heterocycles. The van der Waals surface area contributed by atoms with E-state index < -0.39 is 0 Å². The van der Waals surface area contributed by atoms with Crippen LogP contribution in [0.3, 0.4) is 0 Å². The minimum Gasteiger partial charge on any atom is -0.476 e. The van der Waals surface area contributed by atoms with Crippen molar-refractivity contribution in [2.24, 2.45) is 5.11 Å². The van der Waals surface area contributed by atoms with Gasteiger partial charge in [-0.05, 0) is 29.8 Å². The molecule has 0 spiro atoms. The first-order valence-electron chi connectivity index (χ1n) is 5.99. The van der Waals surface area contributed by atoms with Crippen molar-refractivity contribution in [2.75, 3.05) is 13.2 Å². The van der Waals surface area contributed by atoms with Crippen LogP contribution in [0.4, 0.5) is 4.39 Å². The molecule has 2 heterocycles. The molecular formula is C13H10FN5O. The summed E-state index contributed by atoms with van der Waals surface area (Å²) in [5, 5.41) is 3.39. The van der Waals surface area contributed by atoms with Crippen LogP contribution in [-0.4, -0.2) is 22.5 Å². The number of azide groups is 1. The molecule has 0 fully saturated rings. The molecular weight excluding hydrogens is 261 g/mol. The van der Waals surface area contributed by atoms with Gasteiger partial charge in [0.1, 0.15) is 11.3 Å². The van der Waals surface area contributed by atoms with Gasteiger partial charge in [-0.25, -0.2) is 9.37 Å². The number of hydrogen-bond donors (Lipinski definition) is 0. The molecule has 0 N–H and O–H groups in total. The maximum atomic E-state index is 13.3. The normalized spacial score (nSPS) is 10.7. The van der Waals surface area contributed by atoms with E-state index in [0.717, 1.165) is 11.0 Å². The predicted molar refractivity (Wildman–Crippen MR) is 72.2 cm³/mol. The highest BCUT2D eigenvalue weighted by molar-refractivity contribution is 5.81. The number of fused-ring (bicyclic) bond motifs is 3. The molecule has 1 aromatic carbocycles. The minimum atomic E-state index is -0.350. The van der Waals surface area contributed by atoms with Gasteiger partial charge in [-0.15, -0.1) is 0 Å². The monoisotopic (exact) mass is 271 g/mol. The second-order valence-corrected chi connectivity index (χ2v) is 4.12. The number of ether oxygens (including phenoxy) is 1. The van der Waals surface area contributed by atoms with Crippen LogP contribution in [0.15, 0.2) is 41.6 Å². The lowest BCUT2D eigenvalue weighted by Crippen LogP contribution is -2.04. The first-order chi connectivity index (χ1) is 9.79. The number of benzene rings is 1. The van der Waals surface area contributed by atoms with Crippen molar-refractivity contribution in [2.45, 2.75) is 0 Å². The zero-order chi connectivity index (χ0) is 13.9. The summed E-state index contributed by atoms with van der Waals surface area (Å²) >= 11 is 0. The Kier molecular flexibility index (Phi) is 3.10. The molecule has 0 aliphatic carbocycles. The quantitative estimate of drug-likeness (QED) is 0.316. The molecule has 7 heteroatoms. The summed E-state index contributed by atoms with van der Waals surface area (Å²) in [6.45, 7) is 0.435. The smallest absolute Gasteiger partial charge is 0.238 e. The Morgan fingerprint density at radius 3 is 3.10 bits per heavy atom. The fourth-order valence-electron chi connectivity index (χ4n) is 2.06. The molecule has 20 heavy (non-hydrogen) atoms. The second-order valence-electron chi connectivity index (χ2n) is 4.12. The Labute approximate surface area is 113 Å². The van der Waals surface area contributed by atoms with E-state index in [4.69, 9.17) is 10.3 Å². The van der Waals surface area contributed by atoms with Crippen LogP contribution < -0.4 is 4.74 Å². The van der Waals surface area contributed by atoms with Crippen molar-refractivity contribution in [3.05, 3.63) is 52.8 Å². The van der Waals surface area contributed by atoms with Gasteiger partial charge in [-0.1, -0.05) is 5.11 Å². The van der Waals surface area contributed by atoms with Gasteiger partial charge in [0.25, 0.3) is 0 Å². The number of rotatable bonds is 4. The van der Waals surface area contributed by atoms with Crippen LogP contribution in [0.2, 0.25) is 0 Å². The van der Waals surface area contributed by atoms with Crippen LogP contribution >= 0.6 is 0 Å². The standard InChI is InChI=1S/C13H10FN5O/c14-9-3-4-11-10(8-9)17-13(20-7-5-16-18-15)12-2-1-6-19(11)12/h1-4,6,8H,5,7H2. The van der Waals surface area contributed by atoms with Gasteiger partial charge in [-0.2, -0.15) is 0 Å². The molecule has 0 aliphatic rings. The zero-order valence-corrected chi connectivity index (χ0v) is 10.4. The van der Waals surface area contributed by atoms with E-state index in [1.807, 2.05) is 22.7 Å². The van der Waals surface area contributed by atoms with Gasteiger partial charge < -0.3 is 9.14 Å². The van der Waals surface area contributed by atoms with Crippen molar-refractivity contribution in [1.29, 1.82) is 0 Å². The summed E-state index contributed by atoms with van der Waals surface area (Å²) in [6.07, 6.45) is 1.86. The Hall–Kier alpha value is -2.79. The third-order valence-electron chi connectivity index (χ3n) is 2.88. The van der Waals surface area contributed by atoms with E-state index in [0.29, 0.717) is 11.4 Å². The fourth-order valence-corrected chi connectivity index (χ4v) is 2.06. The van der Waals surface area contributed by atoms with Crippen LogP contribution in [-0.2, 0) is 0 Å². The van der Waals surface area contributed by atoms with Crippen molar-refractivity contribution >= 4 is 16.6 Å². The van der Waals surface area contributed by atoms with E-state index in [1.165, 1.54) is 12.1 Å². The van der Waals surface area contributed by atoms with Crippen molar-refractivity contribution in [1.82, 2.24) is 9.38 Å². The predicted octanol–water partition coefficient (Wildman–Crippen LogP) is 3.32. The molecule has 3 aromatic rings. The minimum absolute atomic E-state index is 0.215. The Bertz CT molecular complexity index is 822. The summed E-state index contributed by atoms with van der Waals surface area (Å²) in [7, 11) is 0. The highest BCUT2D eigenvalue weighted by atomic mass is 19.1. The van der Waals surface area contributed by atoms with Crippen LogP contribution in [0, 0.1) is 5.82 Å². The number of nitrogens with zero attached hydrogens (tertiary/aromatic N) is 5. The van der Waals surface area contributed by atoms with E-state index in [9.17, 15) is 4.39 Å². The Morgan fingerprint density at radius 2 is 2.25 bits per heavy atom. The average Bonchev–Trinajstić information content (AvgIpc) is 2.92. The van der Waals surface area contributed by atoms with Gasteiger partial charge in [0.2, 0.25) is 5.88 Å². The van der Waals surface area contributed by atoms with Gasteiger partial charge >= 0.3 is 0 Å². The van der Waals surface area contributed by atoms with E-state index in [2.05, 4.69) is 15.0 Å². The number of aromatic nitrogens is 2. The van der Waals surface area contributed by atoms with Gasteiger partial charge in [-0.3, -0.25) is 0 Å². The average molecular weight is 271 g/mol. The highest BCUT2D eigenvalue weighted by Crippen LogP contribution is 2.24. The van der Waals surface area contributed by atoms with Crippen LogP contribution in [0.25, 0.3) is 27.0 Å². The Morgan fingerprint density at radius 1 is 1.35 bits per heavy atom. The molecule has 3 rings (SSSR count). The summed E-state index contributed by atoms with van der Waals surface area (Å²) in [4.78, 5) is 6.97. The fraction of sp³-hybridized carbons (Fsp3) is 0.154. The van der Waals surface area contributed by atoms with Crippen molar-refractivity contribution in [3.8, 4) is 5.88 Å². The maximum Gasteiger partial charge on any atom is 0.238 e. The lowest BCUT2D eigenvalue weighted by molar-refractivity contribution is 0.319. The van der Waals surface area contributed by atoms with Crippen molar-refractivity contribution in [3.63, 3.8) is 0 Å². The highest BCUT2D eigenvalue weighted by Gasteiger charge is 2.09. The maximum absolute atomic E-state index is 13.3. The summed E-state index contributed by atoms with van der Waals surface area (Å²) in [6, 6.07) is 8.15. The van der Waals surface area contributed by atoms with Crippen molar-refractivity contribution < 1.29 is 9.13 Å². The molecule has 100 valence electrons. The van der Waals surface area contributed by atoms with E-state index >= 15 is 0 Å². The van der Waals surface area contributed by atoms with Crippen LogP contribution in [0.1, 0.15) is 0 Å².